The first-order valence-electron chi connectivity index (χ1n) is 6.76. The molecule has 1 saturated heterocycles. The lowest BCUT2D eigenvalue weighted by atomic mass is 10.0. The van der Waals surface area contributed by atoms with Gasteiger partial charge < -0.3 is 10.6 Å². The molecule has 3 rings (SSSR count). The highest BCUT2D eigenvalue weighted by Gasteiger charge is 2.21. The third kappa shape index (κ3) is 3.08. The molecule has 2 atom stereocenters. The molecule has 1 fully saturated rings. The van der Waals surface area contributed by atoms with E-state index < -0.39 is 0 Å². The van der Waals surface area contributed by atoms with E-state index in [0.717, 1.165) is 29.3 Å². The summed E-state index contributed by atoms with van der Waals surface area (Å²) in [5.41, 5.74) is 0.532. The number of hydrogen-bond acceptors (Lipinski definition) is 5. The SMILES string of the molecule is CC1CC(NC(=O)c2csc(-c3cccs3)n2)CCN1. The number of aromatic nitrogens is 1. The lowest BCUT2D eigenvalue weighted by Gasteiger charge is -2.28. The van der Waals surface area contributed by atoms with Gasteiger partial charge in [0.25, 0.3) is 5.91 Å². The van der Waals surface area contributed by atoms with Gasteiger partial charge in [-0.1, -0.05) is 6.07 Å². The van der Waals surface area contributed by atoms with Crippen LogP contribution in [0.25, 0.3) is 9.88 Å². The fourth-order valence-electron chi connectivity index (χ4n) is 2.41. The van der Waals surface area contributed by atoms with Crippen LogP contribution in [0.5, 0.6) is 0 Å². The van der Waals surface area contributed by atoms with Crippen molar-refractivity contribution in [2.75, 3.05) is 6.54 Å². The van der Waals surface area contributed by atoms with Gasteiger partial charge >= 0.3 is 0 Å². The van der Waals surface area contributed by atoms with Crippen LogP contribution in [0.1, 0.15) is 30.3 Å². The van der Waals surface area contributed by atoms with Crippen LogP contribution >= 0.6 is 22.7 Å². The zero-order valence-electron chi connectivity index (χ0n) is 11.3. The van der Waals surface area contributed by atoms with Crippen molar-refractivity contribution in [3.63, 3.8) is 0 Å². The molecule has 0 bridgehead atoms. The van der Waals surface area contributed by atoms with Gasteiger partial charge in [0, 0.05) is 17.5 Å². The Balaban J connectivity index is 1.65. The number of thiazole rings is 1. The maximum atomic E-state index is 12.2. The molecule has 2 aromatic rings. The van der Waals surface area contributed by atoms with E-state index >= 15 is 0 Å². The molecule has 4 nitrogen and oxygen atoms in total. The van der Waals surface area contributed by atoms with Gasteiger partial charge in [-0.15, -0.1) is 22.7 Å². The number of nitrogens with one attached hydrogen (secondary N) is 2. The second-order valence-electron chi connectivity index (χ2n) is 5.07. The van der Waals surface area contributed by atoms with Crippen molar-refractivity contribution in [2.24, 2.45) is 0 Å². The maximum Gasteiger partial charge on any atom is 0.270 e. The second kappa shape index (κ2) is 6.03. The fraction of sp³-hybridized carbons (Fsp3) is 0.429. The molecule has 20 heavy (non-hydrogen) atoms. The van der Waals surface area contributed by atoms with Crippen LogP contribution in [0, 0.1) is 0 Å². The fourth-order valence-corrected chi connectivity index (χ4v) is 4.03. The highest BCUT2D eigenvalue weighted by Crippen LogP contribution is 2.27. The van der Waals surface area contributed by atoms with Crippen molar-refractivity contribution in [1.82, 2.24) is 15.6 Å². The van der Waals surface area contributed by atoms with E-state index in [1.807, 2.05) is 22.9 Å². The Labute approximate surface area is 126 Å². The van der Waals surface area contributed by atoms with Crippen LogP contribution in [-0.4, -0.2) is 29.5 Å². The summed E-state index contributed by atoms with van der Waals surface area (Å²) in [6, 6.07) is 4.74. The molecule has 2 N–H and O–H groups in total. The smallest absolute Gasteiger partial charge is 0.270 e. The number of thiophene rings is 1. The van der Waals surface area contributed by atoms with Gasteiger partial charge in [-0.3, -0.25) is 4.79 Å². The van der Waals surface area contributed by atoms with Crippen molar-refractivity contribution in [2.45, 2.75) is 31.8 Å². The first kappa shape index (κ1) is 13.7. The van der Waals surface area contributed by atoms with E-state index in [-0.39, 0.29) is 11.9 Å². The Morgan fingerprint density at radius 1 is 1.50 bits per heavy atom. The lowest BCUT2D eigenvalue weighted by Crippen LogP contribution is -2.46. The highest BCUT2D eigenvalue weighted by atomic mass is 32.1. The van der Waals surface area contributed by atoms with Crippen molar-refractivity contribution in [3.05, 3.63) is 28.6 Å². The van der Waals surface area contributed by atoms with Gasteiger partial charge in [0.05, 0.1) is 4.88 Å². The minimum Gasteiger partial charge on any atom is -0.348 e. The van der Waals surface area contributed by atoms with E-state index in [4.69, 9.17) is 0 Å². The minimum absolute atomic E-state index is 0.0526. The van der Waals surface area contributed by atoms with Crippen molar-refractivity contribution in [1.29, 1.82) is 0 Å². The van der Waals surface area contributed by atoms with Gasteiger partial charge in [0.2, 0.25) is 0 Å². The average molecular weight is 307 g/mol. The zero-order valence-corrected chi connectivity index (χ0v) is 12.9. The number of rotatable bonds is 3. The molecule has 0 saturated carbocycles. The summed E-state index contributed by atoms with van der Waals surface area (Å²) >= 11 is 3.17. The van der Waals surface area contributed by atoms with E-state index in [9.17, 15) is 4.79 Å². The highest BCUT2D eigenvalue weighted by molar-refractivity contribution is 7.20. The number of hydrogen-bond donors (Lipinski definition) is 2. The molecule has 3 heterocycles. The Morgan fingerprint density at radius 2 is 2.40 bits per heavy atom. The van der Waals surface area contributed by atoms with E-state index in [2.05, 4.69) is 22.5 Å². The lowest BCUT2D eigenvalue weighted by molar-refractivity contribution is 0.0921. The Morgan fingerprint density at radius 3 is 3.15 bits per heavy atom. The quantitative estimate of drug-likeness (QED) is 0.917. The Hall–Kier alpha value is -1.24. The summed E-state index contributed by atoms with van der Waals surface area (Å²) in [4.78, 5) is 17.8. The Kier molecular flexibility index (Phi) is 4.14. The summed E-state index contributed by atoms with van der Waals surface area (Å²) in [5, 5.41) is 11.3. The number of carbonyl (C=O) groups excluding carboxylic acids is 1. The first-order chi connectivity index (χ1) is 9.72. The van der Waals surface area contributed by atoms with Gasteiger partial charge in [0.15, 0.2) is 0 Å². The van der Waals surface area contributed by atoms with Crippen LogP contribution < -0.4 is 10.6 Å². The molecular formula is C14H17N3OS2. The van der Waals surface area contributed by atoms with Gasteiger partial charge in [-0.2, -0.15) is 0 Å². The number of carbonyl (C=O) groups is 1. The second-order valence-corrected chi connectivity index (χ2v) is 6.87. The standard InChI is InChI=1S/C14H17N3OS2/c1-9-7-10(4-5-15-9)16-13(18)11-8-20-14(17-11)12-3-2-6-19-12/h2-3,6,8-10,15H,4-5,7H2,1H3,(H,16,18). The third-order valence-corrected chi connectivity index (χ3v) is 5.31. The predicted octanol–water partition coefficient (Wildman–Crippen LogP) is 2.74. The summed E-state index contributed by atoms with van der Waals surface area (Å²) in [6.45, 7) is 3.11. The normalized spacial score (nSPS) is 22.6. The van der Waals surface area contributed by atoms with Crippen LogP contribution in [0.15, 0.2) is 22.9 Å². The Bertz CT molecular complexity index is 579. The predicted molar refractivity (Wildman–Crippen MR) is 83.4 cm³/mol. The molecule has 6 heteroatoms. The van der Waals surface area contributed by atoms with Gasteiger partial charge in [-0.25, -0.2) is 4.98 Å². The molecule has 0 aliphatic carbocycles. The van der Waals surface area contributed by atoms with Crippen LogP contribution in [0.3, 0.4) is 0 Å². The van der Waals surface area contributed by atoms with E-state index in [0.29, 0.717) is 11.7 Å². The van der Waals surface area contributed by atoms with Crippen molar-refractivity contribution >= 4 is 28.6 Å². The molecule has 1 amide bonds. The summed E-state index contributed by atoms with van der Waals surface area (Å²) < 4.78 is 0. The molecule has 2 aromatic heterocycles. The largest absolute Gasteiger partial charge is 0.348 e. The van der Waals surface area contributed by atoms with E-state index in [1.54, 1.807) is 11.3 Å². The molecule has 2 unspecified atom stereocenters. The molecule has 106 valence electrons. The molecular weight excluding hydrogens is 290 g/mol. The molecule has 0 aromatic carbocycles. The molecule has 1 aliphatic heterocycles. The maximum absolute atomic E-state index is 12.2. The summed E-state index contributed by atoms with van der Waals surface area (Å²) in [5.74, 6) is -0.0526. The number of nitrogens with zero attached hydrogens (tertiary/aromatic N) is 1. The topological polar surface area (TPSA) is 54.0 Å². The molecule has 0 spiro atoms. The number of amides is 1. The van der Waals surface area contributed by atoms with Crippen LogP contribution in [-0.2, 0) is 0 Å². The summed E-state index contributed by atoms with van der Waals surface area (Å²) in [7, 11) is 0. The van der Waals surface area contributed by atoms with E-state index in [1.165, 1.54) is 11.3 Å². The number of piperidine rings is 1. The van der Waals surface area contributed by atoms with Crippen molar-refractivity contribution < 1.29 is 4.79 Å². The summed E-state index contributed by atoms with van der Waals surface area (Å²) in [6.07, 6.45) is 1.96. The molecule has 0 radical (unpaired) electrons. The van der Waals surface area contributed by atoms with Crippen molar-refractivity contribution in [3.8, 4) is 9.88 Å². The van der Waals surface area contributed by atoms with Gasteiger partial charge in [0.1, 0.15) is 10.7 Å². The average Bonchev–Trinajstić information content (AvgIpc) is 3.10. The monoisotopic (exact) mass is 307 g/mol. The third-order valence-electron chi connectivity index (χ3n) is 3.43. The van der Waals surface area contributed by atoms with Gasteiger partial charge in [-0.05, 0) is 37.8 Å². The minimum atomic E-state index is -0.0526. The molecule has 1 aliphatic rings. The zero-order chi connectivity index (χ0) is 13.9. The first-order valence-corrected chi connectivity index (χ1v) is 8.52. The van der Waals surface area contributed by atoms with Crippen LogP contribution in [0.2, 0.25) is 0 Å². The van der Waals surface area contributed by atoms with Crippen LogP contribution in [0.4, 0.5) is 0 Å².